The second kappa shape index (κ2) is 9.22. The third kappa shape index (κ3) is 4.70. The van der Waals surface area contributed by atoms with E-state index in [0.29, 0.717) is 5.92 Å². The molecule has 0 saturated heterocycles. The summed E-state index contributed by atoms with van der Waals surface area (Å²) in [7, 11) is 2.01. The standard InChI is InChI=1S/C28H38N2/c1-19-18-24(12-11-23(19)10-8-9-17-29-7)30-22(4)25-13-14-27-21(3)28(5,6)16-15-26(27)20(25)2/h11-16,18,21,29-30H,4,8-10,17H2,1-3,5-7H3. The second-order valence-corrected chi connectivity index (χ2v) is 9.42. The van der Waals surface area contributed by atoms with Crippen molar-refractivity contribution in [1.82, 2.24) is 5.32 Å². The van der Waals surface area contributed by atoms with E-state index >= 15 is 0 Å². The zero-order valence-corrected chi connectivity index (χ0v) is 19.7. The molecule has 0 spiro atoms. The first-order valence-electron chi connectivity index (χ1n) is 11.3. The number of aryl methyl sites for hydroxylation is 2. The van der Waals surface area contributed by atoms with Crippen LogP contribution in [0, 0.1) is 19.3 Å². The van der Waals surface area contributed by atoms with Gasteiger partial charge in [-0.2, -0.15) is 0 Å². The summed E-state index contributed by atoms with van der Waals surface area (Å²) < 4.78 is 0. The highest BCUT2D eigenvalue weighted by Crippen LogP contribution is 2.44. The van der Waals surface area contributed by atoms with Crippen LogP contribution in [0.2, 0.25) is 0 Å². The fourth-order valence-electron chi connectivity index (χ4n) is 4.43. The lowest BCUT2D eigenvalue weighted by molar-refractivity contribution is 0.392. The molecule has 1 atom stereocenters. The van der Waals surface area contributed by atoms with E-state index in [1.54, 1.807) is 0 Å². The van der Waals surface area contributed by atoms with Crippen molar-refractivity contribution < 1.29 is 0 Å². The Morgan fingerprint density at radius 1 is 1.10 bits per heavy atom. The molecule has 0 aliphatic heterocycles. The molecule has 1 aliphatic carbocycles. The molecule has 0 fully saturated rings. The van der Waals surface area contributed by atoms with Crippen LogP contribution in [0.5, 0.6) is 0 Å². The number of allylic oxidation sites excluding steroid dienone is 1. The molecule has 2 aromatic carbocycles. The highest BCUT2D eigenvalue weighted by atomic mass is 14.9. The lowest BCUT2D eigenvalue weighted by Gasteiger charge is -2.35. The summed E-state index contributed by atoms with van der Waals surface area (Å²) >= 11 is 0. The summed E-state index contributed by atoms with van der Waals surface area (Å²) in [5, 5.41) is 6.77. The van der Waals surface area contributed by atoms with E-state index in [1.165, 1.54) is 46.2 Å². The van der Waals surface area contributed by atoms with Gasteiger partial charge in [0.25, 0.3) is 0 Å². The SMILES string of the molecule is C=C(Nc1ccc(CCCCNC)c(C)c1)c1ccc2c(c1C)C=CC(C)(C)C2C. The monoisotopic (exact) mass is 402 g/mol. The minimum absolute atomic E-state index is 0.197. The third-order valence-corrected chi connectivity index (χ3v) is 6.90. The van der Waals surface area contributed by atoms with E-state index in [0.717, 1.165) is 24.4 Å². The van der Waals surface area contributed by atoms with Gasteiger partial charge < -0.3 is 10.6 Å². The summed E-state index contributed by atoms with van der Waals surface area (Å²) in [6.45, 7) is 16.8. The average molecular weight is 403 g/mol. The van der Waals surface area contributed by atoms with E-state index in [2.05, 4.69) is 94.3 Å². The van der Waals surface area contributed by atoms with E-state index < -0.39 is 0 Å². The number of benzene rings is 2. The molecule has 3 rings (SSSR count). The van der Waals surface area contributed by atoms with Gasteiger partial charge in [0, 0.05) is 16.9 Å². The van der Waals surface area contributed by atoms with Gasteiger partial charge in [-0.1, -0.05) is 57.7 Å². The van der Waals surface area contributed by atoms with Crippen molar-refractivity contribution in [2.75, 3.05) is 18.9 Å². The second-order valence-electron chi connectivity index (χ2n) is 9.42. The number of fused-ring (bicyclic) bond motifs is 1. The number of hydrogen-bond acceptors (Lipinski definition) is 2. The number of anilines is 1. The predicted octanol–water partition coefficient (Wildman–Crippen LogP) is 7.08. The van der Waals surface area contributed by atoms with Crippen LogP contribution in [0.1, 0.15) is 72.9 Å². The fourth-order valence-corrected chi connectivity index (χ4v) is 4.43. The maximum Gasteiger partial charge on any atom is 0.0387 e. The Morgan fingerprint density at radius 2 is 1.87 bits per heavy atom. The van der Waals surface area contributed by atoms with Gasteiger partial charge in [0.15, 0.2) is 0 Å². The van der Waals surface area contributed by atoms with Gasteiger partial charge in [0.05, 0.1) is 0 Å². The molecule has 2 heteroatoms. The first-order valence-corrected chi connectivity index (χ1v) is 11.3. The molecule has 0 saturated carbocycles. The third-order valence-electron chi connectivity index (χ3n) is 6.90. The van der Waals surface area contributed by atoms with Gasteiger partial charge in [-0.15, -0.1) is 0 Å². The van der Waals surface area contributed by atoms with Crippen LogP contribution in [0.15, 0.2) is 43.0 Å². The fraction of sp³-hybridized carbons (Fsp3) is 0.429. The number of hydrogen-bond donors (Lipinski definition) is 2. The van der Waals surface area contributed by atoms with Crippen molar-refractivity contribution in [3.63, 3.8) is 0 Å². The van der Waals surface area contributed by atoms with Crippen molar-refractivity contribution in [1.29, 1.82) is 0 Å². The van der Waals surface area contributed by atoms with E-state index in [9.17, 15) is 0 Å². The van der Waals surface area contributed by atoms with Crippen LogP contribution in [-0.4, -0.2) is 13.6 Å². The Hall–Kier alpha value is -2.32. The molecular weight excluding hydrogens is 364 g/mol. The average Bonchev–Trinajstić information content (AvgIpc) is 2.70. The van der Waals surface area contributed by atoms with E-state index in [4.69, 9.17) is 0 Å². The highest BCUT2D eigenvalue weighted by Gasteiger charge is 2.30. The Labute approximate surface area is 183 Å². The van der Waals surface area contributed by atoms with Crippen LogP contribution in [0.4, 0.5) is 5.69 Å². The summed E-state index contributed by atoms with van der Waals surface area (Å²) in [6, 6.07) is 11.2. The van der Waals surface area contributed by atoms with E-state index in [-0.39, 0.29) is 5.41 Å². The van der Waals surface area contributed by atoms with E-state index in [1.807, 2.05) is 7.05 Å². The minimum Gasteiger partial charge on any atom is -0.356 e. The van der Waals surface area contributed by atoms with Crippen molar-refractivity contribution in [2.24, 2.45) is 5.41 Å². The van der Waals surface area contributed by atoms with Gasteiger partial charge in [0.1, 0.15) is 0 Å². The Bertz CT molecular complexity index is 949. The predicted molar refractivity (Wildman–Crippen MR) is 133 cm³/mol. The van der Waals surface area contributed by atoms with Crippen LogP contribution in [0.25, 0.3) is 11.8 Å². The Kier molecular flexibility index (Phi) is 6.88. The summed E-state index contributed by atoms with van der Waals surface area (Å²) in [5.41, 5.74) is 10.3. The maximum atomic E-state index is 4.36. The normalized spacial score (nSPS) is 16.9. The lowest BCUT2D eigenvalue weighted by Crippen LogP contribution is -2.21. The first kappa shape index (κ1) is 22.4. The maximum absolute atomic E-state index is 4.36. The molecule has 0 bridgehead atoms. The lowest BCUT2D eigenvalue weighted by atomic mass is 9.70. The van der Waals surface area contributed by atoms with Crippen LogP contribution >= 0.6 is 0 Å². The van der Waals surface area contributed by atoms with Crippen molar-refractivity contribution in [3.05, 3.63) is 76.4 Å². The van der Waals surface area contributed by atoms with Crippen molar-refractivity contribution >= 4 is 17.5 Å². The Morgan fingerprint density at radius 3 is 2.57 bits per heavy atom. The van der Waals surface area contributed by atoms with Crippen LogP contribution < -0.4 is 10.6 Å². The molecule has 2 nitrogen and oxygen atoms in total. The first-order chi connectivity index (χ1) is 14.2. The van der Waals surface area contributed by atoms with Gasteiger partial charge in [-0.05, 0) is 98.0 Å². The molecule has 1 unspecified atom stereocenters. The molecule has 30 heavy (non-hydrogen) atoms. The van der Waals surface area contributed by atoms with Gasteiger partial charge in [0.2, 0.25) is 0 Å². The molecular formula is C28H38N2. The quantitative estimate of drug-likeness (QED) is 0.461. The number of unbranched alkanes of at least 4 members (excludes halogenated alkanes) is 1. The minimum atomic E-state index is 0.197. The zero-order chi connectivity index (χ0) is 21.9. The Balaban J connectivity index is 1.75. The highest BCUT2D eigenvalue weighted by molar-refractivity contribution is 5.80. The molecule has 2 aromatic rings. The summed E-state index contributed by atoms with van der Waals surface area (Å²) in [5.74, 6) is 0.509. The molecule has 1 aliphatic rings. The van der Waals surface area contributed by atoms with Crippen molar-refractivity contribution in [3.8, 4) is 0 Å². The number of rotatable bonds is 8. The van der Waals surface area contributed by atoms with Gasteiger partial charge >= 0.3 is 0 Å². The van der Waals surface area contributed by atoms with Crippen LogP contribution in [0.3, 0.4) is 0 Å². The molecule has 0 radical (unpaired) electrons. The summed E-state index contributed by atoms with van der Waals surface area (Å²) in [6.07, 6.45) is 8.23. The van der Waals surface area contributed by atoms with Gasteiger partial charge in [-0.25, -0.2) is 0 Å². The molecule has 0 aromatic heterocycles. The molecule has 0 amide bonds. The summed E-state index contributed by atoms with van der Waals surface area (Å²) in [4.78, 5) is 0. The number of nitrogens with one attached hydrogen (secondary N) is 2. The topological polar surface area (TPSA) is 24.1 Å². The zero-order valence-electron chi connectivity index (χ0n) is 19.7. The van der Waals surface area contributed by atoms with Gasteiger partial charge in [-0.3, -0.25) is 0 Å². The van der Waals surface area contributed by atoms with Crippen molar-refractivity contribution in [2.45, 2.75) is 59.8 Å². The van der Waals surface area contributed by atoms with Crippen LogP contribution in [-0.2, 0) is 6.42 Å². The smallest absolute Gasteiger partial charge is 0.0387 e. The molecule has 160 valence electrons. The molecule has 2 N–H and O–H groups in total. The largest absolute Gasteiger partial charge is 0.356 e. The molecule has 0 heterocycles.